The zero-order valence-electron chi connectivity index (χ0n) is 17.1. The molecule has 158 valence electrons. The Morgan fingerprint density at radius 3 is 2.39 bits per heavy atom. The molecule has 0 spiro atoms. The minimum atomic E-state index is -0.377. The Morgan fingerprint density at radius 1 is 0.968 bits per heavy atom. The average molecular weight is 454 g/mol. The van der Waals surface area contributed by atoms with Crippen LogP contribution in [0.1, 0.15) is 19.4 Å². The molecule has 1 aliphatic rings. The fourth-order valence-corrected chi connectivity index (χ4v) is 4.35. The van der Waals surface area contributed by atoms with Crippen LogP contribution in [-0.2, 0) is 4.79 Å². The summed E-state index contributed by atoms with van der Waals surface area (Å²) in [6, 6.07) is 16.2. The number of nitrogens with zero attached hydrogens (tertiary/aromatic N) is 1. The molecule has 1 aliphatic heterocycles. The second-order valence-electron chi connectivity index (χ2n) is 6.72. The lowest BCUT2D eigenvalue weighted by molar-refractivity contribution is -0.113. The van der Waals surface area contributed by atoms with E-state index in [1.54, 1.807) is 30.3 Å². The third-order valence-electron chi connectivity index (χ3n) is 4.76. The highest BCUT2D eigenvalue weighted by atomic mass is 35.5. The van der Waals surface area contributed by atoms with Gasteiger partial charge in [-0.25, -0.2) is 4.90 Å². The van der Waals surface area contributed by atoms with Crippen LogP contribution < -0.4 is 14.4 Å². The Labute approximate surface area is 189 Å². The summed E-state index contributed by atoms with van der Waals surface area (Å²) in [4.78, 5) is 27.2. The van der Waals surface area contributed by atoms with Gasteiger partial charge in [0.05, 0.1) is 23.8 Å². The van der Waals surface area contributed by atoms with Crippen LogP contribution in [0.15, 0.2) is 59.5 Å². The molecule has 0 saturated carbocycles. The fraction of sp³-hybridized carbons (Fsp3) is 0.167. The molecule has 1 saturated heterocycles. The molecule has 0 atom stereocenters. The summed E-state index contributed by atoms with van der Waals surface area (Å²) in [6.07, 6.45) is 1.73. The Morgan fingerprint density at radius 2 is 1.68 bits per heavy atom. The largest absolute Gasteiger partial charge is 0.494 e. The first-order valence-corrected chi connectivity index (χ1v) is 11.1. The van der Waals surface area contributed by atoms with Crippen molar-refractivity contribution in [2.24, 2.45) is 0 Å². The molecule has 3 aromatic rings. The number of carbonyl (C=O) groups is 2. The molecule has 0 bridgehead atoms. The molecule has 1 fully saturated rings. The lowest BCUT2D eigenvalue weighted by Crippen LogP contribution is -2.27. The molecule has 1 heterocycles. The van der Waals surface area contributed by atoms with E-state index in [1.807, 2.05) is 44.2 Å². The van der Waals surface area contributed by atoms with E-state index in [-0.39, 0.29) is 11.1 Å². The minimum Gasteiger partial charge on any atom is -0.494 e. The van der Waals surface area contributed by atoms with Crippen molar-refractivity contribution >= 4 is 57.0 Å². The molecule has 5 nitrogen and oxygen atoms in total. The molecular formula is C24H20ClNO4S. The van der Waals surface area contributed by atoms with E-state index in [0.29, 0.717) is 34.6 Å². The normalized spacial score (nSPS) is 15.2. The predicted molar refractivity (Wildman–Crippen MR) is 126 cm³/mol. The van der Waals surface area contributed by atoms with Gasteiger partial charge in [0.15, 0.2) is 0 Å². The summed E-state index contributed by atoms with van der Waals surface area (Å²) in [5.41, 5.74) is 1.22. The lowest BCUT2D eigenvalue weighted by Gasteiger charge is -2.13. The van der Waals surface area contributed by atoms with Crippen LogP contribution in [0.5, 0.6) is 11.5 Å². The molecule has 0 aromatic heterocycles. The molecule has 3 aromatic carbocycles. The standard InChI is InChI=1S/C24H20ClNO4S/c1-3-29-18-11-5-15-6-12-21(30-4-2)20(19(15)13-18)14-22-23(27)26(24(28)31-22)17-9-7-16(25)8-10-17/h5-14H,3-4H2,1-2H3/b22-14+. The van der Waals surface area contributed by atoms with Gasteiger partial charge in [-0.05, 0) is 84.9 Å². The van der Waals surface area contributed by atoms with E-state index in [2.05, 4.69) is 0 Å². The number of halogens is 1. The maximum absolute atomic E-state index is 13.1. The molecule has 0 radical (unpaired) electrons. The quantitative estimate of drug-likeness (QED) is 0.397. The predicted octanol–water partition coefficient (Wildman–Crippen LogP) is 6.53. The van der Waals surface area contributed by atoms with Crippen molar-refractivity contribution in [3.8, 4) is 11.5 Å². The third kappa shape index (κ3) is 4.27. The molecule has 4 rings (SSSR count). The number of carbonyl (C=O) groups excluding carboxylic acids is 2. The third-order valence-corrected chi connectivity index (χ3v) is 5.88. The van der Waals surface area contributed by atoms with Crippen LogP contribution >= 0.6 is 23.4 Å². The highest BCUT2D eigenvalue weighted by Gasteiger charge is 2.36. The average Bonchev–Trinajstić information content (AvgIpc) is 3.04. The van der Waals surface area contributed by atoms with Gasteiger partial charge >= 0.3 is 0 Å². The number of thioether (sulfide) groups is 1. The van der Waals surface area contributed by atoms with Crippen molar-refractivity contribution in [2.75, 3.05) is 18.1 Å². The molecule has 31 heavy (non-hydrogen) atoms. The molecule has 0 N–H and O–H groups in total. The number of hydrogen-bond donors (Lipinski definition) is 0. The molecule has 0 unspecified atom stereocenters. The molecule has 2 amide bonds. The number of benzene rings is 3. The number of hydrogen-bond acceptors (Lipinski definition) is 5. The summed E-state index contributed by atoms with van der Waals surface area (Å²) in [7, 11) is 0. The highest BCUT2D eigenvalue weighted by molar-refractivity contribution is 8.19. The Kier molecular flexibility index (Phi) is 6.20. The van der Waals surface area contributed by atoms with E-state index < -0.39 is 0 Å². The first-order chi connectivity index (χ1) is 15.0. The number of rotatable bonds is 6. The van der Waals surface area contributed by atoms with Gasteiger partial charge in [-0.15, -0.1) is 0 Å². The van der Waals surface area contributed by atoms with Crippen LogP contribution in [0, 0.1) is 0 Å². The number of imide groups is 1. The first kappa shape index (κ1) is 21.3. The lowest BCUT2D eigenvalue weighted by atomic mass is 10.0. The van der Waals surface area contributed by atoms with Crippen LogP contribution in [0.25, 0.3) is 16.8 Å². The van der Waals surface area contributed by atoms with E-state index in [1.165, 1.54) is 0 Å². The monoisotopic (exact) mass is 453 g/mol. The second kappa shape index (κ2) is 9.04. The van der Waals surface area contributed by atoms with Crippen molar-refractivity contribution in [2.45, 2.75) is 13.8 Å². The summed E-state index contributed by atoms with van der Waals surface area (Å²) in [6.45, 7) is 4.85. The van der Waals surface area contributed by atoms with Crippen molar-refractivity contribution in [1.82, 2.24) is 0 Å². The Bertz CT molecular complexity index is 1180. The van der Waals surface area contributed by atoms with E-state index in [0.717, 1.165) is 38.7 Å². The van der Waals surface area contributed by atoms with Gasteiger partial charge in [-0.1, -0.05) is 23.7 Å². The minimum absolute atomic E-state index is 0.329. The molecular weight excluding hydrogens is 434 g/mol. The number of amides is 2. The number of fused-ring (bicyclic) bond motifs is 1. The SMILES string of the molecule is CCOc1ccc2ccc(OCC)c(/C=C3/SC(=O)N(c4ccc(Cl)cc4)C3=O)c2c1. The van der Waals surface area contributed by atoms with Crippen molar-refractivity contribution < 1.29 is 19.1 Å². The fourth-order valence-electron chi connectivity index (χ4n) is 3.40. The Hall–Kier alpha value is -2.96. The zero-order valence-corrected chi connectivity index (χ0v) is 18.6. The van der Waals surface area contributed by atoms with E-state index in [4.69, 9.17) is 21.1 Å². The van der Waals surface area contributed by atoms with Gasteiger partial charge in [0.25, 0.3) is 11.1 Å². The van der Waals surface area contributed by atoms with Crippen LogP contribution in [0.2, 0.25) is 5.02 Å². The number of anilines is 1. The first-order valence-electron chi connectivity index (χ1n) is 9.87. The van der Waals surface area contributed by atoms with Crippen molar-refractivity contribution in [3.05, 3.63) is 70.1 Å². The van der Waals surface area contributed by atoms with Gasteiger partial charge < -0.3 is 9.47 Å². The highest BCUT2D eigenvalue weighted by Crippen LogP contribution is 2.39. The summed E-state index contributed by atoms with van der Waals surface area (Å²) < 4.78 is 11.5. The second-order valence-corrected chi connectivity index (χ2v) is 8.15. The van der Waals surface area contributed by atoms with E-state index in [9.17, 15) is 9.59 Å². The molecule has 7 heteroatoms. The molecule has 0 aliphatic carbocycles. The Balaban J connectivity index is 1.81. The van der Waals surface area contributed by atoms with Gasteiger partial charge in [0, 0.05) is 10.6 Å². The summed E-state index contributed by atoms with van der Waals surface area (Å²) in [5, 5.41) is 2.05. The van der Waals surface area contributed by atoms with Gasteiger partial charge in [-0.2, -0.15) is 0 Å². The topological polar surface area (TPSA) is 55.8 Å². The maximum Gasteiger partial charge on any atom is 0.298 e. The summed E-state index contributed by atoms with van der Waals surface area (Å²) in [5.74, 6) is 0.993. The van der Waals surface area contributed by atoms with Crippen LogP contribution in [0.4, 0.5) is 10.5 Å². The smallest absolute Gasteiger partial charge is 0.298 e. The summed E-state index contributed by atoms with van der Waals surface area (Å²) >= 11 is 6.84. The number of ether oxygens (including phenoxy) is 2. The van der Waals surface area contributed by atoms with Crippen LogP contribution in [0.3, 0.4) is 0 Å². The van der Waals surface area contributed by atoms with E-state index >= 15 is 0 Å². The van der Waals surface area contributed by atoms with Gasteiger partial charge in [-0.3, -0.25) is 9.59 Å². The maximum atomic E-state index is 13.1. The van der Waals surface area contributed by atoms with Crippen molar-refractivity contribution in [1.29, 1.82) is 0 Å². The van der Waals surface area contributed by atoms with Gasteiger partial charge in [0.2, 0.25) is 0 Å². The van der Waals surface area contributed by atoms with Crippen LogP contribution in [-0.4, -0.2) is 24.4 Å². The van der Waals surface area contributed by atoms with Gasteiger partial charge in [0.1, 0.15) is 11.5 Å². The zero-order chi connectivity index (χ0) is 22.0. The van der Waals surface area contributed by atoms with Crippen molar-refractivity contribution in [3.63, 3.8) is 0 Å².